The van der Waals surface area contributed by atoms with Crippen molar-refractivity contribution >= 4 is 17.2 Å². The minimum atomic E-state index is -4.73. The molecular weight excluding hydrogens is 239 g/mol. The zero-order valence-electron chi connectivity index (χ0n) is 8.19. The number of pyridine rings is 1. The lowest BCUT2D eigenvalue weighted by Gasteiger charge is -2.04. The molecule has 2 aromatic heterocycles. The van der Waals surface area contributed by atoms with Crippen molar-refractivity contribution in [1.82, 2.24) is 9.38 Å². The van der Waals surface area contributed by atoms with E-state index in [-0.39, 0.29) is 11.2 Å². The van der Waals surface area contributed by atoms with E-state index < -0.39 is 23.7 Å². The number of alkyl halides is 3. The van der Waals surface area contributed by atoms with E-state index in [1.54, 1.807) is 0 Å². The number of halogens is 3. The van der Waals surface area contributed by atoms with Crippen LogP contribution in [0.1, 0.15) is 16.3 Å². The highest BCUT2D eigenvalue weighted by molar-refractivity contribution is 5.94. The molecule has 0 bridgehead atoms. The number of carboxylic acid groups (broad SMARTS) is 1. The Balaban J connectivity index is 2.85. The Morgan fingerprint density at radius 1 is 1.47 bits per heavy atom. The number of hydrogen-bond donors (Lipinski definition) is 2. The molecule has 0 saturated carbocycles. The molecule has 17 heavy (non-hydrogen) atoms. The van der Waals surface area contributed by atoms with Gasteiger partial charge >= 0.3 is 12.1 Å². The zero-order valence-corrected chi connectivity index (χ0v) is 8.19. The van der Waals surface area contributed by atoms with Crippen LogP contribution < -0.4 is 5.73 Å². The third-order valence-corrected chi connectivity index (χ3v) is 2.12. The number of anilines is 1. The number of rotatable bonds is 1. The molecule has 2 rings (SSSR count). The summed E-state index contributed by atoms with van der Waals surface area (Å²) in [6.07, 6.45) is -3.69. The lowest BCUT2D eigenvalue weighted by Crippen LogP contribution is -2.10. The number of aromatic nitrogens is 2. The van der Waals surface area contributed by atoms with E-state index >= 15 is 0 Å². The Bertz CT molecular complexity index is 603. The maximum absolute atomic E-state index is 12.6. The van der Waals surface area contributed by atoms with Crippen molar-refractivity contribution in [3.8, 4) is 0 Å². The summed E-state index contributed by atoms with van der Waals surface area (Å²) in [5.74, 6) is -2.83. The van der Waals surface area contributed by atoms with Gasteiger partial charge in [-0.2, -0.15) is 13.2 Å². The second-order valence-corrected chi connectivity index (χ2v) is 3.30. The lowest BCUT2D eigenvalue weighted by atomic mass is 10.3. The van der Waals surface area contributed by atoms with Gasteiger partial charge < -0.3 is 10.8 Å². The lowest BCUT2D eigenvalue weighted by molar-refractivity contribution is -0.145. The molecule has 0 aliphatic rings. The molecule has 2 aromatic rings. The van der Waals surface area contributed by atoms with Crippen LogP contribution in [0.15, 0.2) is 18.3 Å². The number of fused-ring (bicyclic) bond motifs is 1. The molecule has 0 radical (unpaired) electrons. The van der Waals surface area contributed by atoms with Gasteiger partial charge in [-0.1, -0.05) is 0 Å². The van der Waals surface area contributed by atoms with Gasteiger partial charge in [0.2, 0.25) is 5.82 Å². The van der Waals surface area contributed by atoms with Gasteiger partial charge in [0.15, 0.2) is 5.69 Å². The summed E-state index contributed by atoms with van der Waals surface area (Å²) in [7, 11) is 0. The first-order valence-corrected chi connectivity index (χ1v) is 4.39. The summed E-state index contributed by atoms with van der Waals surface area (Å²) in [6, 6.07) is 2.36. The van der Waals surface area contributed by atoms with E-state index in [4.69, 9.17) is 10.8 Å². The van der Waals surface area contributed by atoms with Crippen molar-refractivity contribution in [2.75, 3.05) is 5.73 Å². The van der Waals surface area contributed by atoms with Crippen molar-refractivity contribution in [2.45, 2.75) is 6.18 Å². The van der Waals surface area contributed by atoms with Gasteiger partial charge in [-0.05, 0) is 12.1 Å². The summed E-state index contributed by atoms with van der Waals surface area (Å²) in [5.41, 5.74) is 4.69. The van der Waals surface area contributed by atoms with Crippen molar-refractivity contribution < 1.29 is 23.1 Å². The van der Waals surface area contributed by atoms with Gasteiger partial charge in [-0.15, -0.1) is 0 Å². The molecule has 0 aliphatic carbocycles. The number of aromatic carboxylic acids is 1. The predicted octanol–water partition coefficient (Wildman–Crippen LogP) is 1.63. The molecule has 8 heteroatoms. The van der Waals surface area contributed by atoms with Gasteiger partial charge in [-0.3, -0.25) is 4.40 Å². The second kappa shape index (κ2) is 3.37. The maximum atomic E-state index is 12.6. The molecule has 0 atom stereocenters. The minimum Gasteiger partial charge on any atom is -0.476 e. The quantitative estimate of drug-likeness (QED) is 0.800. The van der Waals surface area contributed by atoms with Gasteiger partial charge in [0.1, 0.15) is 0 Å². The number of nitrogen functional groups attached to an aromatic ring is 1. The van der Waals surface area contributed by atoms with Crippen LogP contribution in [0.5, 0.6) is 0 Å². The molecule has 90 valence electrons. The molecule has 0 aromatic carbocycles. The maximum Gasteiger partial charge on any atom is 0.450 e. The van der Waals surface area contributed by atoms with Crippen molar-refractivity contribution in [3.63, 3.8) is 0 Å². The normalized spacial score (nSPS) is 11.9. The third-order valence-electron chi connectivity index (χ3n) is 2.12. The van der Waals surface area contributed by atoms with E-state index in [9.17, 15) is 18.0 Å². The summed E-state index contributed by atoms with van der Waals surface area (Å²) >= 11 is 0. The van der Waals surface area contributed by atoms with Gasteiger partial charge in [0.25, 0.3) is 0 Å². The molecular formula is C9H6F3N3O2. The van der Waals surface area contributed by atoms with Crippen molar-refractivity contribution in [2.24, 2.45) is 0 Å². The molecule has 0 fully saturated rings. The average Bonchev–Trinajstić information content (AvgIpc) is 2.55. The summed E-state index contributed by atoms with van der Waals surface area (Å²) in [4.78, 5) is 13.9. The van der Waals surface area contributed by atoms with Crippen LogP contribution >= 0.6 is 0 Å². The smallest absolute Gasteiger partial charge is 0.450 e. The topological polar surface area (TPSA) is 80.6 Å². The first kappa shape index (κ1) is 11.2. The molecule has 0 spiro atoms. The predicted molar refractivity (Wildman–Crippen MR) is 51.6 cm³/mol. The number of hydrogen-bond acceptors (Lipinski definition) is 3. The molecule has 2 heterocycles. The fraction of sp³-hybridized carbons (Fsp3) is 0.111. The summed E-state index contributed by atoms with van der Waals surface area (Å²) < 4.78 is 38.4. The fourth-order valence-corrected chi connectivity index (χ4v) is 1.46. The number of carboxylic acids is 1. The van der Waals surface area contributed by atoms with Crippen LogP contribution in [-0.4, -0.2) is 20.5 Å². The number of nitrogens with two attached hydrogens (primary N) is 1. The molecule has 0 amide bonds. The third kappa shape index (κ3) is 1.77. The molecule has 5 nitrogen and oxygen atoms in total. The zero-order chi connectivity index (χ0) is 12.8. The van der Waals surface area contributed by atoms with Gasteiger partial charge in [0, 0.05) is 11.9 Å². The molecule has 3 N–H and O–H groups in total. The largest absolute Gasteiger partial charge is 0.476 e. The summed E-state index contributed by atoms with van der Waals surface area (Å²) in [5, 5.41) is 8.77. The van der Waals surface area contributed by atoms with Crippen molar-refractivity contribution in [3.05, 3.63) is 29.8 Å². The molecule has 0 unspecified atom stereocenters. The number of imidazole rings is 1. The Labute approximate surface area is 92.3 Å². The molecule has 0 aliphatic heterocycles. The number of nitrogens with zero attached hydrogens (tertiary/aromatic N) is 2. The van der Waals surface area contributed by atoms with Crippen LogP contribution in [0, 0.1) is 0 Å². The summed E-state index contributed by atoms with van der Waals surface area (Å²) in [6.45, 7) is 0. The van der Waals surface area contributed by atoms with Crippen LogP contribution in [0.2, 0.25) is 0 Å². The van der Waals surface area contributed by atoms with E-state index in [0.29, 0.717) is 4.40 Å². The second-order valence-electron chi connectivity index (χ2n) is 3.30. The van der Waals surface area contributed by atoms with Gasteiger partial charge in [-0.25, -0.2) is 9.78 Å². The Hall–Kier alpha value is -2.25. The van der Waals surface area contributed by atoms with Crippen LogP contribution in [0.4, 0.5) is 18.9 Å². The van der Waals surface area contributed by atoms with Crippen LogP contribution in [0.3, 0.4) is 0 Å². The van der Waals surface area contributed by atoms with E-state index in [1.807, 2.05) is 0 Å². The highest BCUT2D eigenvalue weighted by atomic mass is 19.4. The first-order chi connectivity index (χ1) is 7.80. The molecule has 0 saturated heterocycles. The van der Waals surface area contributed by atoms with Crippen molar-refractivity contribution in [1.29, 1.82) is 0 Å². The number of carbonyl (C=O) groups is 1. The minimum absolute atomic E-state index is 0.161. The van der Waals surface area contributed by atoms with E-state index in [0.717, 1.165) is 12.3 Å². The Morgan fingerprint density at radius 3 is 2.65 bits per heavy atom. The Kier molecular flexibility index (Phi) is 2.23. The van der Waals surface area contributed by atoms with Crippen LogP contribution in [0.25, 0.3) is 5.52 Å². The van der Waals surface area contributed by atoms with E-state index in [2.05, 4.69) is 4.98 Å². The standard InChI is InChI=1S/C9H6F3N3O2/c10-9(11,12)8-14-6(7(16)17)5-3-4(13)1-2-15(5)8/h1-3H,13H2,(H,16,17). The monoisotopic (exact) mass is 245 g/mol. The highest BCUT2D eigenvalue weighted by Gasteiger charge is 2.38. The van der Waals surface area contributed by atoms with E-state index in [1.165, 1.54) is 6.07 Å². The Morgan fingerprint density at radius 2 is 2.12 bits per heavy atom. The van der Waals surface area contributed by atoms with Gasteiger partial charge in [0.05, 0.1) is 5.52 Å². The SMILES string of the molecule is Nc1ccn2c(C(F)(F)F)nc(C(=O)O)c2c1. The van der Waals surface area contributed by atoms with Crippen LogP contribution in [-0.2, 0) is 6.18 Å². The highest BCUT2D eigenvalue weighted by Crippen LogP contribution is 2.30. The first-order valence-electron chi connectivity index (χ1n) is 4.39. The average molecular weight is 245 g/mol. The fourth-order valence-electron chi connectivity index (χ4n) is 1.46.